The third-order valence-electron chi connectivity index (χ3n) is 3.98. The molecule has 3 heterocycles. The molecule has 2 aliphatic rings. The number of amides is 2. The number of nitrogens with two attached hydrogens (primary N) is 3. The Morgan fingerprint density at radius 1 is 1.43 bits per heavy atom. The molecule has 1 saturated heterocycles. The lowest BCUT2D eigenvalue weighted by Crippen LogP contribution is -2.64. The summed E-state index contributed by atoms with van der Waals surface area (Å²) in [6, 6.07) is 0. The van der Waals surface area contributed by atoms with E-state index < -0.39 is 34.2 Å². The van der Waals surface area contributed by atoms with Gasteiger partial charge in [-0.05, 0) is 0 Å². The van der Waals surface area contributed by atoms with E-state index in [9.17, 15) is 24.7 Å². The van der Waals surface area contributed by atoms with Crippen LogP contribution in [0, 0.1) is 0 Å². The number of oxime groups is 1. The number of hydrogen-bond donors (Lipinski definition) is 6. The molecule has 158 valence electrons. The van der Waals surface area contributed by atoms with E-state index >= 15 is 0 Å². The fourth-order valence-corrected chi connectivity index (χ4v) is 5.41. The summed E-state index contributed by atoms with van der Waals surface area (Å²) in [4.78, 5) is 41.4. The maximum absolute atomic E-state index is 12.6. The van der Waals surface area contributed by atoms with Crippen molar-refractivity contribution in [3.05, 3.63) is 22.3 Å². The van der Waals surface area contributed by atoms with E-state index in [1.54, 1.807) is 0 Å². The second-order valence-electron chi connectivity index (χ2n) is 5.89. The van der Waals surface area contributed by atoms with Crippen molar-refractivity contribution in [3.8, 4) is 0 Å². The lowest BCUT2D eigenvalue weighted by molar-refractivity contribution is -0.146. The second kappa shape index (κ2) is 8.37. The topological polar surface area (TPSA) is 235 Å². The molecule has 0 radical (unpaired) electrons. The standard InChI is InChI=1S/C14H15N9O5S2/c15-13(16)20-18-2-5-4-30(8-1-7(24)23(8)10(5)12(26)27)22-11(25)9(21-28)6-3-29-14(17)19-6/h2-3,8H,1,4H2,(H8-,15,16,17,19,20,22,25,26,27,28)/p+1/t8-,30?/m1/s1. The molecule has 0 aromatic carbocycles. The van der Waals surface area contributed by atoms with Gasteiger partial charge >= 0.3 is 11.9 Å². The lowest BCUT2D eigenvalue weighted by atomic mass is 10.1. The highest BCUT2D eigenvalue weighted by Gasteiger charge is 2.57. The molecule has 1 unspecified atom stereocenters. The molecule has 1 fully saturated rings. The summed E-state index contributed by atoms with van der Waals surface area (Å²) < 4.78 is 2.67. The van der Waals surface area contributed by atoms with Gasteiger partial charge in [0, 0.05) is 5.38 Å². The van der Waals surface area contributed by atoms with Gasteiger partial charge in [-0.1, -0.05) is 5.16 Å². The molecule has 0 aliphatic carbocycles. The van der Waals surface area contributed by atoms with Gasteiger partial charge in [0.2, 0.25) is 17.2 Å². The number of nitrogen functional groups attached to an aromatic ring is 1. The number of nitrogens with zero attached hydrogens (tertiary/aromatic N) is 5. The lowest BCUT2D eigenvalue weighted by Gasteiger charge is -2.41. The molecule has 9 N–H and O–H groups in total. The van der Waals surface area contributed by atoms with Gasteiger partial charge in [-0.15, -0.1) is 16.4 Å². The largest absolute Gasteiger partial charge is 0.477 e. The molecule has 2 amide bonds. The highest BCUT2D eigenvalue weighted by molar-refractivity contribution is 7.96. The van der Waals surface area contributed by atoms with Crippen molar-refractivity contribution in [1.82, 2.24) is 14.6 Å². The zero-order valence-corrected chi connectivity index (χ0v) is 16.7. The second-order valence-corrected chi connectivity index (χ2v) is 8.68. The maximum Gasteiger partial charge on any atom is 0.353 e. The Morgan fingerprint density at radius 3 is 2.70 bits per heavy atom. The van der Waals surface area contributed by atoms with Crippen molar-refractivity contribution in [3.63, 3.8) is 0 Å². The van der Waals surface area contributed by atoms with Crippen molar-refractivity contribution < 1.29 is 24.7 Å². The highest BCUT2D eigenvalue weighted by atomic mass is 32.2. The summed E-state index contributed by atoms with van der Waals surface area (Å²) >= 11 is 0.0408. The van der Waals surface area contributed by atoms with Crippen molar-refractivity contribution in [2.75, 3.05) is 11.5 Å². The number of carbonyl (C=O) groups is 3. The molecule has 1 aromatic rings. The minimum absolute atomic E-state index is 0.0449. The first-order valence-corrected chi connectivity index (χ1v) is 10.4. The number of thiazole rings is 1. The van der Waals surface area contributed by atoms with Crippen LogP contribution in [0.2, 0.25) is 0 Å². The number of fused-ring (bicyclic) bond motifs is 1. The Hall–Kier alpha value is -3.66. The predicted octanol–water partition coefficient (Wildman–Crippen LogP) is -2.28. The molecule has 0 bridgehead atoms. The summed E-state index contributed by atoms with van der Waals surface area (Å²) in [6.45, 7) is 0. The zero-order chi connectivity index (χ0) is 22.0. The number of guanidine groups is 1. The van der Waals surface area contributed by atoms with Crippen molar-refractivity contribution in [1.29, 1.82) is 0 Å². The van der Waals surface area contributed by atoms with Gasteiger partial charge in [0.05, 0.1) is 18.2 Å². The van der Waals surface area contributed by atoms with Gasteiger partial charge in [-0.3, -0.25) is 14.5 Å². The number of hydrogen-bond acceptors (Lipinski definition) is 10. The van der Waals surface area contributed by atoms with Crippen molar-refractivity contribution >= 4 is 63.2 Å². The summed E-state index contributed by atoms with van der Waals surface area (Å²) in [5.74, 6) is -2.80. The summed E-state index contributed by atoms with van der Waals surface area (Å²) in [6.07, 6.45) is 1.16. The van der Waals surface area contributed by atoms with E-state index in [-0.39, 0.29) is 45.9 Å². The zero-order valence-electron chi connectivity index (χ0n) is 15.1. The average molecular weight is 454 g/mol. The molecule has 14 nitrogen and oxygen atoms in total. The Labute approximate surface area is 175 Å². The molecule has 1 aromatic heterocycles. The monoisotopic (exact) mass is 454 g/mol. The molecule has 16 heteroatoms. The van der Waals surface area contributed by atoms with Crippen molar-refractivity contribution in [2.24, 2.45) is 26.8 Å². The number of carbonyl (C=O) groups excluding carboxylic acids is 2. The van der Waals surface area contributed by atoms with E-state index in [4.69, 9.17) is 17.2 Å². The third kappa shape index (κ3) is 4.03. The molecule has 30 heavy (non-hydrogen) atoms. The van der Waals surface area contributed by atoms with Crippen LogP contribution in [-0.4, -0.2) is 67.0 Å². The number of β-lactam (4-membered cyclic amide) rings is 1. The minimum atomic E-state index is -1.33. The van der Waals surface area contributed by atoms with Crippen LogP contribution in [0.4, 0.5) is 5.13 Å². The number of aromatic nitrogens is 1. The van der Waals surface area contributed by atoms with Gasteiger partial charge in [0.15, 0.2) is 16.6 Å². The fraction of sp³-hybridized carbons (Fsp3) is 0.214. The SMILES string of the molecule is NC(N)=NN=CC1=C(C(=O)O)N2C(=O)C[C@H]2[S+](NC(=O)/C(=N\O)c2csc(N)n2)C1. The third-order valence-corrected chi connectivity index (χ3v) is 6.76. The normalized spacial score (nSPS) is 21.3. The number of nitrogens with one attached hydrogen (secondary N) is 1. The first-order chi connectivity index (χ1) is 14.2. The maximum atomic E-state index is 12.6. The van der Waals surface area contributed by atoms with E-state index in [0.29, 0.717) is 0 Å². The van der Waals surface area contributed by atoms with Crippen LogP contribution < -0.4 is 21.9 Å². The summed E-state index contributed by atoms with van der Waals surface area (Å²) in [5, 5.41) is 29.9. The fourth-order valence-electron chi connectivity index (χ4n) is 2.76. The first kappa shape index (κ1) is 21.1. The van der Waals surface area contributed by atoms with Gasteiger partial charge in [-0.2, -0.15) is 9.82 Å². The van der Waals surface area contributed by atoms with E-state index in [0.717, 1.165) is 22.5 Å². The van der Waals surface area contributed by atoms with Gasteiger partial charge in [0.25, 0.3) is 0 Å². The quantitative estimate of drug-likeness (QED) is 0.0677. The van der Waals surface area contributed by atoms with Crippen LogP contribution in [0.15, 0.2) is 32.0 Å². The average Bonchev–Trinajstić information content (AvgIpc) is 3.08. The van der Waals surface area contributed by atoms with E-state index in [1.165, 1.54) is 5.38 Å². The number of carboxylic acids is 1. The molecule has 2 aliphatic heterocycles. The molecule has 2 atom stereocenters. The molecule has 3 rings (SSSR count). The van der Waals surface area contributed by atoms with Gasteiger partial charge < -0.3 is 27.5 Å². The highest BCUT2D eigenvalue weighted by Crippen LogP contribution is 2.36. The van der Waals surface area contributed by atoms with Crippen LogP contribution in [0.25, 0.3) is 0 Å². The van der Waals surface area contributed by atoms with Gasteiger partial charge in [0.1, 0.15) is 22.5 Å². The Bertz CT molecular complexity index is 1030. The molecule has 0 spiro atoms. The number of carboxylic acid groups (broad SMARTS) is 1. The molecular formula is C14H16N9O5S2+. The van der Waals surface area contributed by atoms with Crippen LogP contribution in [0.5, 0.6) is 0 Å². The van der Waals surface area contributed by atoms with Gasteiger partial charge in [-0.25, -0.2) is 9.78 Å². The van der Waals surface area contributed by atoms with Crippen LogP contribution in [0.3, 0.4) is 0 Å². The Morgan fingerprint density at radius 2 is 2.17 bits per heavy atom. The van der Waals surface area contributed by atoms with E-state index in [1.807, 2.05) is 0 Å². The number of rotatable bonds is 6. The number of anilines is 1. The van der Waals surface area contributed by atoms with E-state index in [2.05, 4.69) is 25.1 Å². The smallest absolute Gasteiger partial charge is 0.353 e. The molecular weight excluding hydrogens is 438 g/mol. The van der Waals surface area contributed by atoms with Crippen LogP contribution >= 0.6 is 11.3 Å². The van der Waals surface area contributed by atoms with Crippen LogP contribution in [-0.2, 0) is 25.5 Å². The first-order valence-electron chi connectivity index (χ1n) is 8.07. The summed E-state index contributed by atoms with van der Waals surface area (Å²) in [5.41, 5.74) is 15.5. The summed E-state index contributed by atoms with van der Waals surface area (Å²) in [7, 11) is 0. The Balaban J connectivity index is 1.88. The predicted molar refractivity (Wildman–Crippen MR) is 109 cm³/mol. The number of aliphatic carboxylic acids is 1. The minimum Gasteiger partial charge on any atom is -0.477 e. The Kier molecular flexibility index (Phi) is 5.88. The van der Waals surface area contributed by atoms with Crippen molar-refractivity contribution in [2.45, 2.75) is 11.8 Å². The molecule has 0 saturated carbocycles. The van der Waals surface area contributed by atoms with Crippen LogP contribution in [0.1, 0.15) is 12.1 Å².